The number of aromatic hydroxyl groups is 1. The molecule has 0 heterocycles. The van der Waals surface area contributed by atoms with Gasteiger partial charge in [0.1, 0.15) is 5.75 Å². The first kappa shape index (κ1) is 12.1. The average Bonchev–Trinajstić information content (AvgIpc) is 2.27. The molecule has 0 saturated carbocycles. The molecule has 16 heavy (non-hydrogen) atoms. The number of hydrogen-bond acceptors (Lipinski definition) is 4. The molecule has 0 aliphatic heterocycles. The van der Waals surface area contributed by atoms with Crippen LogP contribution in [0.15, 0.2) is 18.2 Å². The number of carbonyl (C=O) groups excluding carboxylic acids is 1. The van der Waals surface area contributed by atoms with Gasteiger partial charge in [-0.3, -0.25) is 0 Å². The van der Waals surface area contributed by atoms with Crippen molar-refractivity contribution in [2.24, 2.45) is 0 Å². The lowest BCUT2D eigenvalue weighted by Crippen LogP contribution is -2.08. The van der Waals surface area contributed by atoms with Gasteiger partial charge in [-0.2, -0.15) is 5.26 Å². The van der Waals surface area contributed by atoms with E-state index >= 15 is 0 Å². The average molecular weight is 219 g/mol. The minimum Gasteiger partial charge on any atom is -0.508 e. The van der Waals surface area contributed by atoms with E-state index in [0.29, 0.717) is 17.5 Å². The maximum Gasteiger partial charge on any atom is 0.338 e. The topological polar surface area (TPSA) is 70.3 Å². The van der Waals surface area contributed by atoms with Crippen LogP contribution in [0, 0.1) is 11.3 Å². The zero-order valence-electron chi connectivity index (χ0n) is 9.06. The Bertz CT molecular complexity index is 421. The van der Waals surface area contributed by atoms with Crippen LogP contribution >= 0.6 is 0 Å². The SMILES string of the molecule is CCOC(=O)c1cccc(O)c1CCC#N. The summed E-state index contributed by atoms with van der Waals surface area (Å²) >= 11 is 0. The fourth-order valence-electron chi connectivity index (χ4n) is 1.42. The van der Waals surface area contributed by atoms with E-state index in [2.05, 4.69) is 0 Å². The molecule has 0 aliphatic rings. The second-order valence-electron chi connectivity index (χ2n) is 3.18. The summed E-state index contributed by atoms with van der Waals surface area (Å²) in [6.07, 6.45) is 0.599. The van der Waals surface area contributed by atoms with Crippen LogP contribution in [0.4, 0.5) is 0 Å². The molecule has 1 N–H and O–H groups in total. The van der Waals surface area contributed by atoms with Gasteiger partial charge in [0.25, 0.3) is 0 Å². The van der Waals surface area contributed by atoms with Gasteiger partial charge in [0.15, 0.2) is 0 Å². The van der Waals surface area contributed by atoms with E-state index in [1.807, 2.05) is 6.07 Å². The lowest BCUT2D eigenvalue weighted by atomic mass is 10.0. The Balaban J connectivity index is 3.03. The number of hydrogen-bond donors (Lipinski definition) is 1. The smallest absolute Gasteiger partial charge is 0.338 e. The van der Waals surface area contributed by atoms with Crippen molar-refractivity contribution in [1.82, 2.24) is 0 Å². The van der Waals surface area contributed by atoms with Crippen molar-refractivity contribution in [3.8, 4) is 11.8 Å². The highest BCUT2D eigenvalue weighted by molar-refractivity contribution is 5.91. The summed E-state index contributed by atoms with van der Waals surface area (Å²) in [7, 11) is 0. The highest BCUT2D eigenvalue weighted by Gasteiger charge is 2.14. The van der Waals surface area contributed by atoms with Crippen LogP contribution in [-0.2, 0) is 11.2 Å². The van der Waals surface area contributed by atoms with Crippen molar-refractivity contribution in [2.75, 3.05) is 6.61 Å². The number of nitriles is 1. The molecule has 0 radical (unpaired) electrons. The molecule has 0 amide bonds. The van der Waals surface area contributed by atoms with Crippen LogP contribution in [0.3, 0.4) is 0 Å². The molecule has 0 aromatic heterocycles. The summed E-state index contributed by atoms with van der Waals surface area (Å²) in [6.45, 7) is 2.00. The summed E-state index contributed by atoms with van der Waals surface area (Å²) in [5.74, 6) is -0.438. The number of nitrogens with zero attached hydrogens (tertiary/aromatic N) is 1. The van der Waals surface area contributed by atoms with Crippen LogP contribution in [-0.4, -0.2) is 17.7 Å². The molecule has 0 spiro atoms. The number of esters is 1. The largest absolute Gasteiger partial charge is 0.508 e. The van der Waals surface area contributed by atoms with Gasteiger partial charge in [-0.25, -0.2) is 4.79 Å². The Morgan fingerprint density at radius 3 is 2.94 bits per heavy atom. The van der Waals surface area contributed by atoms with Gasteiger partial charge in [-0.15, -0.1) is 0 Å². The molecule has 0 aliphatic carbocycles. The summed E-state index contributed by atoms with van der Waals surface area (Å²) in [6, 6.07) is 6.64. The summed E-state index contributed by atoms with van der Waals surface area (Å²) in [5.41, 5.74) is 0.805. The number of phenols is 1. The molecule has 1 rings (SSSR count). The third-order valence-corrected chi connectivity index (χ3v) is 2.13. The first-order chi connectivity index (χ1) is 7.70. The van der Waals surface area contributed by atoms with Crippen molar-refractivity contribution >= 4 is 5.97 Å². The monoisotopic (exact) mass is 219 g/mol. The number of rotatable bonds is 4. The van der Waals surface area contributed by atoms with Crippen molar-refractivity contribution in [1.29, 1.82) is 5.26 Å². The Morgan fingerprint density at radius 1 is 1.56 bits per heavy atom. The Kier molecular flexibility index (Phi) is 4.34. The molecule has 0 unspecified atom stereocenters. The molecule has 1 aromatic carbocycles. The zero-order valence-corrected chi connectivity index (χ0v) is 9.06. The predicted molar refractivity (Wildman–Crippen MR) is 58.0 cm³/mol. The maximum absolute atomic E-state index is 11.6. The zero-order chi connectivity index (χ0) is 12.0. The summed E-state index contributed by atoms with van der Waals surface area (Å²) < 4.78 is 4.87. The van der Waals surface area contributed by atoms with Crippen molar-refractivity contribution in [3.63, 3.8) is 0 Å². The van der Waals surface area contributed by atoms with Crippen molar-refractivity contribution < 1.29 is 14.6 Å². The fraction of sp³-hybridized carbons (Fsp3) is 0.333. The van der Waals surface area contributed by atoms with Crippen LogP contribution in [0.5, 0.6) is 5.75 Å². The third-order valence-electron chi connectivity index (χ3n) is 2.13. The standard InChI is InChI=1S/C12H13NO3/c1-2-16-12(15)10-5-3-7-11(14)9(10)6-4-8-13/h3,5,7,14H,2,4,6H2,1H3. The lowest BCUT2D eigenvalue weighted by molar-refractivity contribution is 0.0524. The minimum absolute atomic E-state index is 0.0285. The van der Waals surface area contributed by atoms with Gasteiger partial charge in [0.2, 0.25) is 0 Å². The van der Waals surface area contributed by atoms with Gasteiger partial charge in [0, 0.05) is 12.0 Å². The summed E-state index contributed by atoms with van der Waals surface area (Å²) in [5, 5.41) is 18.1. The maximum atomic E-state index is 11.6. The molecule has 0 bridgehead atoms. The van der Waals surface area contributed by atoms with Gasteiger partial charge < -0.3 is 9.84 Å². The Morgan fingerprint density at radius 2 is 2.31 bits per heavy atom. The van der Waals surface area contributed by atoms with E-state index in [1.54, 1.807) is 19.1 Å². The van der Waals surface area contributed by atoms with Crippen LogP contribution < -0.4 is 0 Å². The molecule has 4 heteroatoms. The van der Waals surface area contributed by atoms with E-state index in [-0.39, 0.29) is 18.8 Å². The first-order valence-corrected chi connectivity index (χ1v) is 5.05. The quantitative estimate of drug-likeness (QED) is 0.786. The molecule has 1 aromatic rings. The van der Waals surface area contributed by atoms with E-state index in [1.165, 1.54) is 6.07 Å². The van der Waals surface area contributed by atoms with Crippen LogP contribution in [0.1, 0.15) is 29.3 Å². The molecule has 0 fully saturated rings. The van der Waals surface area contributed by atoms with Gasteiger partial charge in [-0.1, -0.05) is 6.07 Å². The number of carbonyl (C=O) groups is 1. The van der Waals surface area contributed by atoms with E-state index in [9.17, 15) is 9.90 Å². The second-order valence-corrected chi connectivity index (χ2v) is 3.18. The normalized spacial score (nSPS) is 9.50. The second kappa shape index (κ2) is 5.76. The third kappa shape index (κ3) is 2.74. The van der Waals surface area contributed by atoms with E-state index < -0.39 is 5.97 Å². The van der Waals surface area contributed by atoms with E-state index in [0.717, 1.165) is 0 Å². The van der Waals surface area contributed by atoms with Crippen molar-refractivity contribution in [2.45, 2.75) is 19.8 Å². The lowest BCUT2D eigenvalue weighted by Gasteiger charge is -2.08. The number of benzene rings is 1. The molecule has 0 atom stereocenters. The van der Waals surface area contributed by atoms with Gasteiger partial charge in [0.05, 0.1) is 18.2 Å². The number of ether oxygens (including phenoxy) is 1. The molecule has 84 valence electrons. The van der Waals surface area contributed by atoms with Gasteiger partial charge >= 0.3 is 5.97 Å². The predicted octanol–water partition coefficient (Wildman–Crippen LogP) is 2.03. The Labute approximate surface area is 94.1 Å². The van der Waals surface area contributed by atoms with Crippen LogP contribution in [0.2, 0.25) is 0 Å². The van der Waals surface area contributed by atoms with Crippen molar-refractivity contribution in [3.05, 3.63) is 29.3 Å². The molecular formula is C12H13NO3. The van der Waals surface area contributed by atoms with E-state index in [4.69, 9.17) is 10.00 Å². The number of phenolic OH excluding ortho intramolecular Hbond substituents is 1. The first-order valence-electron chi connectivity index (χ1n) is 5.05. The molecule has 4 nitrogen and oxygen atoms in total. The van der Waals surface area contributed by atoms with Gasteiger partial charge in [-0.05, 0) is 25.5 Å². The van der Waals surface area contributed by atoms with Crippen LogP contribution in [0.25, 0.3) is 0 Å². The fourth-order valence-corrected chi connectivity index (χ4v) is 1.42. The highest BCUT2D eigenvalue weighted by Crippen LogP contribution is 2.23. The summed E-state index contributed by atoms with van der Waals surface area (Å²) in [4.78, 5) is 11.6. The minimum atomic E-state index is -0.466. The highest BCUT2D eigenvalue weighted by atomic mass is 16.5. The molecule has 0 saturated heterocycles. The molecular weight excluding hydrogens is 206 g/mol. The Hall–Kier alpha value is -2.02.